The highest BCUT2D eigenvalue weighted by Crippen LogP contribution is 2.46. The molecule has 6 rings (SSSR count). The zero-order chi connectivity index (χ0) is 24.7. The summed E-state index contributed by atoms with van der Waals surface area (Å²) >= 11 is 1.57. The first-order chi connectivity index (χ1) is 17.6. The number of rotatable bonds is 8. The second-order valence-corrected chi connectivity index (χ2v) is 11.0. The molecule has 2 aliphatic carbocycles. The Hall–Kier alpha value is -3.05. The molecular formula is C25H31N7O3S. The van der Waals surface area contributed by atoms with E-state index in [4.69, 9.17) is 14.7 Å². The minimum Gasteiger partial charge on any atom is -0.379 e. The van der Waals surface area contributed by atoms with E-state index in [1.807, 2.05) is 16.5 Å². The van der Waals surface area contributed by atoms with Gasteiger partial charge in [0.2, 0.25) is 6.41 Å². The number of methoxy groups -OCH3 is 1. The van der Waals surface area contributed by atoms with Crippen LogP contribution in [0.2, 0.25) is 0 Å². The molecule has 3 aliphatic rings. The lowest BCUT2D eigenvalue weighted by Crippen LogP contribution is -2.46. The van der Waals surface area contributed by atoms with Crippen molar-refractivity contribution in [2.75, 3.05) is 25.5 Å². The van der Waals surface area contributed by atoms with Crippen molar-refractivity contribution in [2.45, 2.75) is 62.6 Å². The van der Waals surface area contributed by atoms with E-state index in [2.05, 4.69) is 15.7 Å². The Kier molecular flexibility index (Phi) is 6.12. The van der Waals surface area contributed by atoms with Gasteiger partial charge in [-0.3, -0.25) is 9.59 Å². The number of amides is 2. The topological polar surface area (TPSA) is 114 Å². The fraction of sp³-hybridized carbons (Fsp3) is 0.560. The van der Waals surface area contributed by atoms with Gasteiger partial charge in [0, 0.05) is 43.4 Å². The highest BCUT2D eigenvalue weighted by molar-refractivity contribution is 7.16. The third-order valence-corrected chi connectivity index (χ3v) is 8.99. The molecule has 10 nitrogen and oxygen atoms in total. The molecule has 0 spiro atoms. The van der Waals surface area contributed by atoms with Crippen LogP contribution in [0.4, 0.5) is 5.82 Å². The summed E-state index contributed by atoms with van der Waals surface area (Å²) in [7, 11) is 1.74. The highest BCUT2D eigenvalue weighted by atomic mass is 32.1. The van der Waals surface area contributed by atoms with E-state index in [1.54, 1.807) is 35.2 Å². The molecule has 4 heterocycles. The summed E-state index contributed by atoms with van der Waals surface area (Å²) in [5, 5.41) is 12.9. The number of hydrogen-bond acceptors (Lipinski definition) is 8. The third kappa shape index (κ3) is 4.24. The number of ether oxygens (including phenoxy) is 1. The SMILES string of the molecule is CO[C@H]1CCC[C@@H]1Nc1cc(C(=O)N2CCC(C3(NC=O)CC3)CC2)nc(-c2cnn3ccsc23)n1. The Morgan fingerprint density at radius 3 is 2.81 bits per heavy atom. The molecule has 36 heavy (non-hydrogen) atoms. The Morgan fingerprint density at radius 1 is 1.22 bits per heavy atom. The van der Waals surface area contributed by atoms with Crippen LogP contribution in [0.1, 0.15) is 55.4 Å². The highest BCUT2D eigenvalue weighted by Gasteiger charge is 2.49. The smallest absolute Gasteiger partial charge is 0.272 e. The van der Waals surface area contributed by atoms with Crippen LogP contribution >= 0.6 is 11.3 Å². The Labute approximate surface area is 213 Å². The summed E-state index contributed by atoms with van der Waals surface area (Å²) < 4.78 is 7.46. The molecule has 0 aromatic carbocycles. The average Bonchev–Trinajstić information content (AvgIpc) is 3.22. The molecule has 2 atom stereocenters. The molecule has 11 heteroatoms. The van der Waals surface area contributed by atoms with Gasteiger partial charge in [-0.15, -0.1) is 11.3 Å². The van der Waals surface area contributed by atoms with E-state index in [0.29, 0.717) is 36.3 Å². The maximum absolute atomic E-state index is 13.6. The summed E-state index contributed by atoms with van der Waals surface area (Å²) in [6, 6.07) is 1.92. The molecule has 2 N–H and O–H groups in total. The van der Waals surface area contributed by atoms with E-state index in [-0.39, 0.29) is 23.6 Å². The molecule has 1 saturated heterocycles. The predicted molar refractivity (Wildman–Crippen MR) is 136 cm³/mol. The van der Waals surface area contributed by atoms with Crippen molar-refractivity contribution < 1.29 is 14.3 Å². The quantitative estimate of drug-likeness (QED) is 0.449. The Balaban J connectivity index is 1.27. The summed E-state index contributed by atoms with van der Waals surface area (Å²) in [5.74, 6) is 1.46. The zero-order valence-electron chi connectivity index (χ0n) is 20.4. The second kappa shape index (κ2) is 9.44. The van der Waals surface area contributed by atoms with Gasteiger partial charge >= 0.3 is 0 Å². The van der Waals surface area contributed by atoms with E-state index < -0.39 is 0 Å². The van der Waals surface area contributed by atoms with Gasteiger partial charge in [-0.1, -0.05) is 0 Å². The monoisotopic (exact) mass is 509 g/mol. The lowest BCUT2D eigenvalue weighted by atomic mass is 9.87. The van der Waals surface area contributed by atoms with Gasteiger partial charge < -0.3 is 20.3 Å². The molecule has 0 bridgehead atoms. The van der Waals surface area contributed by atoms with Crippen molar-refractivity contribution in [3.63, 3.8) is 0 Å². The van der Waals surface area contributed by atoms with Gasteiger partial charge in [0.05, 0.1) is 23.9 Å². The maximum Gasteiger partial charge on any atom is 0.272 e. The van der Waals surface area contributed by atoms with E-state index in [0.717, 1.165) is 61.7 Å². The van der Waals surface area contributed by atoms with Crippen LogP contribution in [-0.4, -0.2) is 74.7 Å². The number of carbonyl (C=O) groups excluding carboxylic acids is 2. The summed E-state index contributed by atoms with van der Waals surface area (Å²) in [6.07, 6.45) is 11.5. The first-order valence-corrected chi connectivity index (χ1v) is 13.6. The van der Waals surface area contributed by atoms with Crippen LogP contribution in [0.15, 0.2) is 23.8 Å². The molecule has 3 fully saturated rings. The van der Waals surface area contributed by atoms with Gasteiger partial charge in [-0.05, 0) is 50.9 Å². The van der Waals surface area contributed by atoms with Gasteiger partial charge in [0.25, 0.3) is 5.91 Å². The molecule has 2 amide bonds. The summed E-state index contributed by atoms with van der Waals surface area (Å²) in [4.78, 5) is 37.0. The van der Waals surface area contributed by atoms with E-state index >= 15 is 0 Å². The molecule has 2 saturated carbocycles. The number of nitrogens with one attached hydrogen (secondary N) is 2. The number of piperidine rings is 1. The Bertz CT molecular complexity index is 1260. The van der Waals surface area contributed by atoms with Crippen LogP contribution in [0.25, 0.3) is 16.2 Å². The van der Waals surface area contributed by atoms with Gasteiger partial charge in [0.1, 0.15) is 16.3 Å². The van der Waals surface area contributed by atoms with Gasteiger partial charge in [0.15, 0.2) is 5.82 Å². The number of likely N-dealkylation sites (tertiary alicyclic amines) is 1. The van der Waals surface area contributed by atoms with Crippen molar-refractivity contribution in [2.24, 2.45) is 5.92 Å². The van der Waals surface area contributed by atoms with E-state index in [9.17, 15) is 9.59 Å². The number of hydrogen-bond donors (Lipinski definition) is 2. The van der Waals surface area contributed by atoms with Crippen molar-refractivity contribution in [1.29, 1.82) is 0 Å². The molecule has 3 aromatic heterocycles. The number of anilines is 1. The molecule has 190 valence electrons. The van der Waals surface area contributed by atoms with Crippen molar-refractivity contribution in [3.05, 3.63) is 29.5 Å². The first kappa shape index (κ1) is 23.4. The van der Waals surface area contributed by atoms with Crippen LogP contribution < -0.4 is 10.6 Å². The number of thiazole rings is 1. The molecule has 1 aliphatic heterocycles. The number of nitrogens with zero attached hydrogens (tertiary/aromatic N) is 5. The molecule has 0 radical (unpaired) electrons. The third-order valence-electron chi connectivity index (χ3n) is 8.10. The Morgan fingerprint density at radius 2 is 2.06 bits per heavy atom. The summed E-state index contributed by atoms with van der Waals surface area (Å²) in [6.45, 7) is 1.32. The average molecular weight is 510 g/mol. The fourth-order valence-electron chi connectivity index (χ4n) is 5.91. The molecule has 0 unspecified atom stereocenters. The van der Waals surface area contributed by atoms with Crippen molar-refractivity contribution in [3.8, 4) is 11.4 Å². The van der Waals surface area contributed by atoms with Crippen molar-refractivity contribution in [1.82, 2.24) is 29.8 Å². The minimum atomic E-state index is -0.0855. The van der Waals surface area contributed by atoms with Crippen molar-refractivity contribution >= 4 is 34.3 Å². The summed E-state index contributed by atoms with van der Waals surface area (Å²) in [5.41, 5.74) is 1.15. The van der Waals surface area contributed by atoms with E-state index in [1.165, 1.54) is 0 Å². The van der Waals surface area contributed by atoms with Crippen LogP contribution in [-0.2, 0) is 9.53 Å². The minimum absolute atomic E-state index is 0.0518. The zero-order valence-corrected chi connectivity index (χ0v) is 21.2. The van der Waals surface area contributed by atoms with Crippen LogP contribution in [0.5, 0.6) is 0 Å². The standard InChI is InChI=1S/C25H31N7O3S/c1-35-20-4-2-3-18(20)28-21-13-19(29-22(30-21)17-14-27-32-11-12-36-24(17)32)23(34)31-9-5-16(6-10-31)25(7-8-25)26-15-33/h11-16,18,20H,2-10H2,1H3,(H,26,33)(H,28,29,30)/t18-,20-/m0/s1. The normalized spacial score (nSPS) is 23.6. The fourth-order valence-corrected chi connectivity index (χ4v) is 6.71. The lowest BCUT2D eigenvalue weighted by molar-refractivity contribution is -0.110. The largest absolute Gasteiger partial charge is 0.379 e. The number of aromatic nitrogens is 4. The lowest BCUT2D eigenvalue weighted by Gasteiger charge is -2.36. The first-order valence-electron chi connectivity index (χ1n) is 12.7. The predicted octanol–water partition coefficient (Wildman–Crippen LogP) is 2.96. The van der Waals surface area contributed by atoms with Crippen LogP contribution in [0.3, 0.4) is 0 Å². The van der Waals surface area contributed by atoms with Crippen LogP contribution in [0, 0.1) is 5.92 Å². The van der Waals surface area contributed by atoms with Gasteiger partial charge in [-0.2, -0.15) is 5.10 Å². The van der Waals surface area contributed by atoms with Gasteiger partial charge in [-0.25, -0.2) is 14.5 Å². The second-order valence-electron chi connectivity index (χ2n) is 10.1. The maximum atomic E-state index is 13.6. The molecule has 3 aromatic rings. The molecular weight excluding hydrogens is 478 g/mol. The number of fused-ring (bicyclic) bond motifs is 1. The number of carbonyl (C=O) groups is 2.